The number of aliphatic hydroxyl groups excluding tert-OH is 1. The summed E-state index contributed by atoms with van der Waals surface area (Å²) in [5, 5.41) is 8.79. The summed E-state index contributed by atoms with van der Waals surface area (Å²) in [7, 11) is -3.26. The van der Waals surface area contributed by atoms with Crippen LogP contribution in [0.1, 0.15) is 39.5 Å². The van der Waals surface area contributed by atoms with Gasteiger partial charge in [-0.3, -0.25) is 0 Å². The monoisotopic (exact) mass is 279 g/mol. The Kier molecular flexibility index (Phi) is 6.04. The number of nitrogens with one attached hydrogen (secondary N) is 1. The highest BCUT2D eigenvalue weighted by Gasteiger charge is 2.25. The summed E-state index contributed by atoms with van der Waals surface area (Å²) in [6, 6.07) is 0. The zero-order valence-corrected chi connectivity index (χ0v) is 12.1. The molecule has 0 aromatic heterocycles. The Balaban J connectivity index is 2.35. The van der Waals surface area contributed by atoms with Crippen molar-refractivity contribution in [2.24, 2.45) is 5.41 Å². The number of aliphatic hydroxyl groups is 1. The highest BCUT2D eigenvalue weighted by atomic mass is 32.2. The normalized spacial score (nSPS) is 21.4. The van der Waals surface area contributed by atoms with Crippen LogP contribution in [0.15, 0.2) is 0 Å². The molecule has 1 heterocycles. The molecule has 1 unspecified atom stereocenters. The minimum absolute atomic E-state index is 0.0586. The Morgan fingerprint density at radius 1 is 1.44 bits per heavy atom. The second-order valence-corrected chi connectivity index (χ2v) is 7.58. The van der Waals surface area contributed by atoms with Crippen LogP contribution < -0.4 is 4.72 Å². The third kappa shape index (κ3) is 6.13. The van der Waals surface area contributed by atoms with Crippen molar-refractivity contribution in [2.75, 3.05) is 25.5 Å². The maximum Gasteiger partial charge on any atom is 0.214 e. The van der Waals surface area contributed by atoms with Crippen LogP contribution in [0.5, 0.6) is 0 Å². The molecule has 0 bridgehead atoms. The van der Waals surface area contributed by atoms with E-state index in [-0.39, 0.29) is 23.9 Å². The van der Waals surface area contributed by atoms with Gasteiger partial charge in [0, 0.05) is 19.8 Å². The quantitative estimate of drug-likeness (QED) is 0.692. The summed E-state index contributed by atoms with van der Waals surface area (Å²) in [5.74, 6) is 0.0586. The molecule has 1 atom stereocenters. The molecule has 1 saturated heterocycles. The molecular weight excluding hydrogens is 254 g/mol. The van der Waals surface area contributed by atoms with Crippen LogP contribution >= 0.6 is 0 Å². The Morgan fingerprint density at radius 3 is 2.72 bits per heavy atom. The fraction of sp³-hybridized carbons (Fsp3) is 1.00. The Labute approximate surface area is 110 Å². The molecule has 5 nitrogen and oxygen atoms in total. The van der Waals surface area contributed by atoms with Gasteiger partial charge in [-0.2, -0.15) is 0 Å². The van der Waals surface area contributed by atoms with Gasteiger partial charge in [0.25, 0.3) is 0 Å². The summed E-state index contributed by atoms with van der Waals surface area (Å²) in [5.41, 5.74) is -0.133. The van der Waals surface area contributed by atoms with Gasteiger partial charge < -0.3 is 9.84 Å². The van der Waals surface area contributed by atoms with E-state index >= 15 is 0 Å². The molecule has 1 rings (SSSR count). The van der Waals surface area contributed by atoms with Gasteiger partial charge in [-0.25, -0.2) is 13.1 Å². The van der Waals surface area contributed by atoms with Gasteiger partial charge in [0.15, 0.2) is 0 Å². The summed E-state index contributed by atoms with van der Waals surface area (Å²) < 4.78 is 31.7. The van der Waals surface area contributed by atoms with E-state index in [2.05, 4.69) is 4.72 Å². The molecule has 108 valence electrons. The highest BCUT2D eigenvalue weighted by Crippen LogP contribution is 2.21. The molecule has 0 spiro atoms. The van der Waals surface area contributed by atoms with Crippen LogP contribution in [0.4, 0.5) is 0 Å². The van der Waals surface area contributed by atoms with Crippen molar-refractivity contribution in [1.82, 2.24) is 4.72 Å². The molecule has 18 heavy (non-hydrogen) atoms. The first-order valence-electron chi connectivity index (χ1n) is 6.54. The van der Waals surface area contributed by atoms with Gasteiger partial charge >= 0.3 is 0 Å². The molecule has 0 saturated carbocycles. The first kappa shape index (κ1) is 15.9. The smallest absolute Gasteiger partial charge is 0.214 e. The lowest BCUT2D eigenvalue weighted by atomic mass is 9.88. The van der Waals surface area contributed by atoms with Crippen LogP contribution in [0.3, 0.4) is 0 Å². The second-order valence-electron chi connectivity index (χ2n) is 5.73. The Bertz CT molecular complexity index is 334. The van der Waals surface area contributed by atoms with Gasteiger partial charge in [0.1, 0.15) is 0 Å². The van der Waals surface area contributed by atoms with Gasteiger partial charge in [-0.15, -0.1) is 0 Å². The molecule has 0 amide bonds. The number of sulfonamides is 1. The van der Waals surface area contributed by atoms with Gasteiger partial charge in [-0.1, -0.05) is 13.8 Å². The lowest BCUT2D eigenvalue weighted by Gasteiger charge is -2.24. The number of ether oxygens (including phenoxy) is 1. The number of rotatable bonds is 8. The number of hydrogen-bond acceptors (Lipinski definition) is 4. The lowest BCUT2D eigenvalue weighted by molar-refractivity contribution is 0.127. The van der Waals surface area contributed by atoms with E-state index in [1.807, 2.05) is 13.8 Å². The van der Waals surface area contributed by atoms with Crippen molar-refractivity contribution >= 4 is 10.0 Å². The van der Waals surface area contributed by atoms with Gasteiger partial charge in [0.2, 0.25) is 10.0 Å². The Hall–Kier alpha value is -0.170. The molecule has 0 aliphatic carbocycles. The molecule has 0 aromatic rings. The average Bonchev–Trinajstić information content (AvgIpc) is 2.76. The maximum absolute atomic E-state index is 11.9. The van der Waals surface area contributed by atoms with E-state index in [1.54, 1.807) is 0 Å². The minimum Gasteiger partial charge on any atom is -0.396 e. The second kappa shape index (κ2) is 6.84. The van der Waals surface area contributed by atoms with Crippen molar-refractivity contribution in [1.29, 1.82) is 0 Å². The van der Waals surface area contributed by atoms with Crippen molar-refractivity contribution in [3.63, 3.8) is 0 Å². The first-order chi connectivity index (χ1) is 8.35. The third-order valence-electron chi connectivity index (χ3n) is 3.21. The number of hydrogen-bond donors (Lipinski definition) is 2. The summed E-state index contributed by atoms with van der Waals surface area (Å²) in [6.45, 7) is 5.21. The van der Waals surface area contributed by atoms with Crippen molar-refractivity contribution < 1.29 is 18.3 Å². The van der Waals surface area contributed by atoms with E-state index in [9.17, 15) is 8.42 Å². The predicted molar refractivity (Wildman–Crippen MR) is 70.9 cm³/mol. The molecule has 1 aliphatic heterocycles. The topological polar surface area (TPSA) is 75.6 Å². The first-order valence-corrected chi connectivity index (χ1v) is 8.20. The van der Waals surface area contributed by atoms with Gasteiger partial charge in [-0.05, 0) is 31.1 Å². The van der Waals surface area contributed by atoms with Gasteiger partial charge in [0.05, 0.1) is 11.9 Å². The average molecular weight is 279 g/mol. The standard InChI is InChI=1S/C12H25NO4S/c1-12(2,6-4-7-14)10-13-18(15,16)9-11-5-3-8-17-11/h11,13-14H,3-10H2,1-2H3. The van der Waals surface area contributed by atoms with Crippen LogP contribution in [-0.4, -0.2) is 45.1 Å². The third-order valence-corrected chi connectivity index (χ3v) is 4.61. The van der Waals surface area contributed by atoms with E-state index in [0.29, 0.717) is 19.6 Å². The highest BCUT2D eigenvalue weighted by molar-refractivity contribution is 7.89. The fourth-order valence-electron chi connectivity index (χ4n) is 2.03. The zero-order chi connectivity index (χ0) is 13.6. The minimum atomic E-state index is -3.26. The van der Waals surface area contributed by atoms with E-state index < -0.39 is 10.0 Å². The Morgan fingerprint density at radius 2 is 2.17 bits per heavy atom. The van der Waals surface area contributed by atoms with Crippen LogP contribution in [0.2, 0.25) is 0 Å². The molecule has 0 radical (unpaired) electrons. The summed E-state index contributed by atoms with van der Waals surface area (Å²) in [4.78, 5) is 0. The van der Waals surface area contributed by atoms with Crippen molar-refractivity contribution in [3.8, 4) is 0 Å². The zero-order valence-electron chi connectivity index (χ0n) is 11.3. The van der Waals surface area contributed by atoms with Crippen LogP contribution in [0, 0.1) is 5.41 Å². The largest absolute Gasteiger partial charge is 0.396 e. The van der Waals surface area contributed by atoms with Crippen LogP contribution in [0.25, 0.3) is 0 Å². The molecule has 0 aromatic carbocycles. The van der Waals surface area contributed by atoms with Crippen LogP contribution in [-0.2, 0) is 14.8 Å². The van der Waals surface area contributed by atoms with E-state index in [4.69, 9.17) is 9.84 Å². The summed E-state index contributed by atoms with van der Waals surface area (Å²) in [6.07, 6.45) is 3.12. The van der Waals surface area contributed by atoms with E-state index in [1.165, 1.54) is 0 Å². The molecule has 1 fully saturated rings. The summed E-state index contributed by atoms with van der Waals surface area (Å²) >= 11 is 0. The fourth-order valence-corrected chi connectivity index (χ4v) is 3.51. The SMILES string of the molecule is CC(C)(CCCO)CNS(=O)(=O)CC1CCCO1. The molecular formula is C12H25NO4S. The molecule has 1 aliphatic rings. The maximum atomic E-state index is 11.9. The predicted octanol–water partition coefficient (Wildman–Crippen LogP) is 0.883. The lowest BCUT2D eigenvalue weighted by Crippen LogP contribution is -2.38. The van der Waals surface area contributed by atoms with Crippen molar-refractivity contribution in [3.05, 3.63) is 0 Å². The van der Waals surface area contributed by atoms with Crippen molar-refractivity contribution in [2.45, 2.75) is 45.6 Å². The van der Waals surface area contributed by atoms with E-state index in [0.717, 1.165) is 19.3 Å². The molecule has 2 N–H and O–H groups in total. The molecule has 6 heteroatoms.